The van der Waals surface area contributed by atoms with Gasteiger partial charge in [-0.25, -0.2) is 18.7 Å². The maximum Gasteiger partial charge on any atom is 0.355 e. The minimum atomic E-state index is -1.14. The number of carbonyl (C=O) groups is 1. The summed E-state index contributed by atoms with van der Waals surface area (Å²) >= 11 is 0. The van der Waals surface area contributed by atoms with E-state index in [9.17, 15) is 23.7 Å². The predicted molar refractivity (Wildman–Crippen MR) is 102 cm³/mol. The quantitative estimate of drug-likeness (QED) is 0.377. The number of ether oxygens (including phenoxy) is 1. The lowest BCUT2D eigenvalue weighted by Crippen LogP contribution is -2.34. The SMILES string of the molecule is O=C(COc1ccccc1)NNc1ncnc(Nc2ccc(F)c(F)c2)c1[N+](=O)[O-]. The number of nitro groups is 1. The molecule has 0 aliphatic rings. The minimum Gasteiger partial charge on any atom is -0.484 e. The Morgan fingerprint density at radius 1 is 1.07 bits per heavy atom. The van der Waals surface area contributed by atoms with Gasteiger partial charge in [0.25, 0.3) is 5.91 Å². The third-order valence-electron chi connectivity index (χ3n) is 3.62. The lowest BCUT2D eigenvalue weighted by Gasteiger charge is -2.11. The fourth-order valence-corrected chi connectivity index (χ4v) is 2.28. The minimum absolute atomic E-state index is 0.0296. The highest BCUT2D eigenvalue weighted by Gasteiger charge is 2.24. The van der Waals surface area contributed by atoms with Gasteiger partial charge in [0, 0.05) is 11.8 Å². The summed E-state index contributed by atoms with van der Waals surface area (Å²) in [5.41, 5.74) is 3.97. The van der Waals surface area contributed by atoms with Crippen LogP contribution in [0.2, 0.25) is 0 Å². The van der Waals surface area contributed by atoms with Crippen molar-refractivity contribution >= 4 is 28.9 Å². The molecular formula is C18H14F2N6O4. The topological polar surface area (TPSA) is 131 Å². The van der Waals surface area contributed by atoms with Gasteiger partial charge in [0.05, 0.1) is 4.92 Å². The number of anilines is 3. The Morgan fingerprint density at radius 2 is 1.80 bits per heavy atom. The van der Waals surface area contributed by atoms with Gasteiger partial charge >= 0.3 is 5.69 Å². The van der Waals surface area contributed by atoms with E-state index in [1.165, 1.54) is 6.07 Å². The number of amides is 1. The second kappa shape index (κ2) is 9.23. The van der Waals surface area contributed by atoms with E-state index < -0.39 is 28.2 Å². The first kappa shape index (κ1) is 20.4. The van der Waals surface area contributed by atoms with Crippen LogP contribution in [0, 0.1) is 21.7 Å². The van der Waals surface area contributed by atoms with Crippen molar-refractivity contribution in [1.82, 2.24) is 15.4 Å². The average Bonchev–Trinajstić information content (AvgIpc) is 2.74. The largest absolute Gasteiger partial charge is 0.484 e. The standard InChI is InChI=1S/C18H14F2N6O4/c19-13-7-6-11(8-14(13)20)23-17-16(26(28)29)18(22-10-21-17)25-24-15(27)9-30-12-4-2-1-3-5-12/h1-8,10H,9H2,(H,24,27)(H2,21,22,23,25). The zero-order chi connectivity index (χ0) is 21.5. The smallest absolute Gasteiger partial charge is 0.355 e. The number of para-hydroxylation sites is 1. The van der Waals surface area contributed by atoms with Crippen LogP contribution in [0.25, 0.3) is 0 Å². The molecule has 1 aromatic heterocycles. The van der Waals surface area contributed by atoms with Crippen molar-refractivity contribution in [3.05, 3.63) is 76.6 Å². The van der Waals surface area contributed by atoms with E-state index in [4.69, 9.17) is 4.74 Å². The Bertz CT molecular complexity index is 1070. The van der Waals surface area contributed by atoms with E-state index in [-0.39, 0.29) is 23.9 Å². The van der Waals surface area contributed by atoms with Crippen molar-refractivity contribution in [2.24, 2.45) is 0 Å². The predicted octanol–water partition coefficient (Wildman–Crippen LogP) is 2.93. The Labute approximate surface area is 168 Å². The number of hydrogen-bond donors (Lipinski definition) is 3. The van der Waals surface area contributed by atoms with Gasteiger partial charge in [-0.2, -0.15) is 0 Å². The highest BCUT2D eigenvalue weighted by atomic mass is 19.2. The Balaban J connectivity index is 1.70. The molecule has 3 aromatic rings. The molecule has 12 heteroatoms. The van der Waals surface area contributed by atoms with E-state index in [1.54, 1.807) is 30.3 Å². The third-order valence-corrected chi connectivity index (χ3v) is 3.62. The number of aromatic nitrogens is 2. The molecular weight excluding hydrogens is 402 g/mol. The van der Waals surface area contributed by atoms with Crippen molar-refractivity contribution in [3.8, 4) is 5.75 Å². The second-order valence-corrected chi connectivity index (χ2v) is 5.71. The van der Waals surface area contributed by atoms with Crippen LogP contribution in [0.15, 0.2) is 54.9 Å². The normalized spacial score (nSPS) is 10.2. The maximum atomic E-state index is 13.4. The summed E-state index contributed by atoms with van der Waals surface area (Å²) in [7, 11) is 0. The molecule has 0 fully saturated rings. The summed E-state index contributed by atoms with van der Waals surface area (Å²) in [6.07, 6.45) is 0.990. The lowest BCUT2D eigenvalue weighted by molar-refractivity contribution is -0.383. The summed E-state index contributed by atoms with van der Waals surface area (Å²) in [6, 6.07) is 11.4. The Morgan fingerprint density at radius 3 is 2.50 bits per heavy atom. The fourth-order valence-electron chi connectivity index (χ4n) is 2.28. The van der Waals surface area contributed by atoms with Gasteiger partial charge in [0.1, 0.15) is 12.1 Å². The summed E-state index contributed by atoms with van der Waals surface area (Å²) in [4.78, 5) is 30.1. The van der Waals surface area contributed by atoms with Crippen molar-refractivity contribution in [2.75, 3.05) is 17.3 Å². The molecule has 10 nitrogen and oxygen atoms in total. The number of hydrogen-bond acceptors (Lipinski definition) is 8. The molecule has 0 atom stereocenters. The summed E-state index contributed by atoms with van der Waals surface area (Å²) in [5, 5.41) is 14.0. The van der Waals surface area contributed by atoms with E-state index in [0.717, 1.165) is 18.5 Å². The summed E-state index contributed by atoms with van der Waals surface area (Å²) < 4.78 is 31.7. The third kappa shape index (κ3) is 5.13. The number of carbonyl (C=O) groups excluding carboxylic acids is 1. The molecule has 154 valence electrons. The first-order valence-electron chi connectivity index (χ1n) is 8.38. The molecule has 0 spiro atoms. The molecule has 0 aliphatic carbocycles. The van der Waals surface area contributed by atoms with Crippen LogP contribution in [0.1, 0.15) is 0 Å². The van der Waals surface area contributed by atoms with E-state index >= 15 is 0 Å². The van der Waals surface area contributed by atoms with Crippen molar-refractivity contribution in [1.29, 1.82) is 0 Å². The number of halogens is 2. The van der Waals surface area contributed by atoms with Crippen LogP contribution < -0.4 is 20.9 Å². The zero-order valence-corrected chi connectivity index (χ0v) is 15.1. The number of rotatable bonds is 8. The van der Waals surface area contributed by atoms with Gasteiger partial charge in [-0.05, 0) is 24.3 Å². The van der Waals surface area contributed by atoms with Crippen molar-refractivity contribution < 1.29 is 23.2 Å². The molecule has 2 aromatic carbocycles. The van der Waals surface area contributed by atoms with Crippen LogP contribution in [0.5, 0.6) is 5.75 Å². The van der Waals surface area contributed by atoms with Crippen LogP contribution in [-0.2, 0) is 4.79 Å². The van der Waals surface area contributed by atoms with Gasteiger partial charge < -0.3 is 10.1 Å². The maximum absolute atomic E-state index is 13.4. The monoisotopic (exact) mass is 416 g/mol. The van der Waals surface area contributed by atoms with Gasteiger partial charge in [0.2, 0.25) is 11.6 Å². The van der Waals surface area contributed by atoms with Crippen LogP contribution in [0.4, 0.5) is 31.8 Å². The molecule has 0 radical (unpaired) electrons. The molecule has 0 aliphatic heterocycles. The number of benzene rings is 2. The number of nitrogens with one attached hydrogen (secondary N) is 3. The van der Waals surface area contributed by atoms with E-state index in [1.807, 2.05) is 0 Å². The molecule has 3 N–H and O–H groups in total. The van der Waals surface area contributed by atoms with Gasteiger partial charge in [-0.3, -0.25) is 25.8 Å². The molecule has 1 amide bonds. The molecule has 3 rings (SSSR count). The number of hydrazine groups is 1. The highest BCUT2D eigenvalue weighted by molar-refractivity contribution is 5.80. The molecule has 0 saturated carbocycles. The highest BCUT2D eigenvalue weighted by Crippen LogP contribution is 2.31. The fraction of sp³-hybridized carbons (Fsp3) is 0.0556. The summed E-state index contributed by atoms with van der Waals surface area (Å²) in [6.45, 7) is -0.351. The van der Waals surface area contributed by atoms with Crippen molar-refractivity contribution in [3.63, 3.8) is 0 Å². The number of nitrogens with zero attached hydrogens (tertiary/aromatic N) is 3. The summed E-state index contributed by atoms with van der Waals surface area (Å²) in [5.74, 6) is -2.98. The first-order valence-corrected chi connectivity index (χ1v) is 8.38. The Kier molecular flexibility index (Phi) is 6.27. The van der Waals surface area contributed by atoms with E-state index in [0.29, 0.717) is 5.75 Å². The second-order valence-electron chi connectivity index (χ2n) is 5.71. The average molecular weight is 416 g/mol. The zero-order valence-electron chi connectivity index (χ0n) is 15.1. The van der Waals surface area contributed by atoms with E-state index in [2.05, 4.69) is 26.1 Å². The van der Waals surface area contributed by atoms with Gasteiger partial charge in [0.15, 0.2) is 18.2 Å². The molecule has 0 bridgehead atoms. The van der Waals surface area contributed by atoms with Gasteiger partial charge in [-0.15, -0.1) is 0 Å². The van der Waals surface area contributed by atoms with Crippen LogP contribution in [0.3, 0.4) is 0 Å². The van der Waals surface area contributed by atoms with Gasteiger partial charge in [-0.1, -0.05) is 18.2 Å². The first-order chi connectivity index (χ1) is 14.4. The molecule has 1 heterocycles. The Hall–Kier alpha value is -4.35. The van der Waals surface area contributed by atoms with Crippen molar-refractivity contribution in [2.45, 2.75) is 0 Å². The molecule has 30 heavy (non-hydrogen) atoms. The molecule has 0 saturated heterocycles. The van der Waals surface area contributed by atoms with Crippen LogP contribution >= 0.6 is 0 Å². The molecule has 0 unspecified atom stereocenters. The van der Waals surface area contributed by atoms with Crippen LogP contribution in [-0.4, -0.2) is 27.4 Å². The lowest BCUT2D eigenvalue weighted by atomic mass is 10.3.